The summed E-state index contributed by atoms with van der Waals surface area (Å²) in [7, 11) is -0.869. The first-order valence-corrected chi connectivity index (χ1v) is 3.73. The fraction of sp³-hybridized carbons (Fsp3) is 0.800. The lowest BCUT2D eigenvalue weighted by Gasteiger charge is -1.99. The van der Waals surface area contributed by atoms with Gasteiger partial charge in [-0.1, -0.05) is 18.4 Å². The fourth-order valence-electron chi connectivity index (χ4n) is 0.333. The van der Waals surface area contributed by atoms with E-state index in [1.54, 1.807) is 0 Å². The van der Waals surface area contributed by atoms with Gasteiger partial charge in [0, 0.05) is 6.54 Å². The van der Waals surface area contributed by atoms with Gasteiger partial charge in [-0.15, -0.1) is 0 Å². The molecule has 4 heteroatoms. The van der Waals surface area contributed by atoms with Crippen LogP contribution in [0.15, 0.2) is 0 Å². The Labute approximate surface area is 56.0 Å². The molecule has 52 valence electrons. The molecular formula is C5H11NO2P+. The molecule has 0 radical (unpaired) electrons. The summed E-state index contributed by atoms with van der Waals surface area (Å²) in [6, 6.07) is 0. The first-order valence-electron chi connectivity index (χ1n) is 2.82. The molecule has 1 N–H and O–H groups in total. The molecule has 0 fully saturated rings. The third kappa shape index (κ3) is 5.44. The molecule has 1 amide bonds. The van der Waals surface area contributed by atoms with E-state index in [0.717, 1.165) is 0 Å². The minimum absolute atomic E-state index is 0.385. The Bertz CT molecular complexity index is 114. The van der Waals surface area contributed by atoms with E-state index in [4.69, 9.17) is 0 Å². The quantitative estimate of drug-likeness (QED) is 0.614. The molecule has 0 aromatic heterocycles. The summed E-state index contributed by atoms with van der Waals surface area (Å²) in [5, 5.41) is 2.49. The zero-order valence-electron chi connectivity index (χ0n) is 5.60. The molecule has 0 rings (SSSR count). The normalized spacial score (nSPS) is 10.1. The van der Waals surface area contributed by atoms with Crippen molar-refractivity contribution in [1.29, 1.82) is 0 Å². The largest absolute Gasteiger partial charge is 0.457 e. The molecule has 0 aliphatic carbocycles. The second kappa shape index (κ2) is 4.45. The van der Waals surface area contributed by atoms with Crippen LogP contribution in [0.25, 0.3) is 0 Å². The number of rotatable bonds is 3. The molecule has 1 unspecified atom stereocenters. The Kier molecular flexibility index (Phi) is 4.24. The molecule has 0 saturated heterocycles. The minimum atomic E-state index is -0.869. The lowest BCUT2D eigenvalue weighted by Crippen LogP contribution is -2.21. The maximum Gasteiger partial charge on any atom is 0.457 e. The van der Waals surface area contributed by atoms with Gasteiger partial charge in [0.05, 0.1) is 0 Å². The molecular weight excluding hydrogens is 137 g/mol. The van der Waals surface area contributed by atoms with Crippen LogP contribution in [0, 0.1) is 5.92 Å². The van der Waals surface area contributed by atoms with Crippen LogP contribution in [0.2, 0.25) is 0 Å². The van der Waals surface area contributed by atoms with Gasteiger partial charge in [-0.05, 0) is 5.92 Å². The van der Waals surface area contributed by atoms with Crippen LogP contribution in [-0.2, 0) is 4.57 Å². The third-order valence-electron chi connectivity index (χ3n) is 0.764. The molecule has 0 aliphatic rings. The average molecular weight is 148 g/mol. The summed E-state index contributed by atoms with van der Waals surface area (Å²) in [5.41, 5.74) is -0.385. The Hall–Kier alpha value is -0.430. The Balaban J connectivity index is 3.27. The minimum Gasteiger partial charge on any atom is -0.313 e. The number of amides is 1. The molecule has 9 heavy (non-hydrogen) atoms. The van der Waals surface area contributed by atoms with Crippen molar-refractivity contribution in [3.05, 3.63) is 0 Å². The van der Waals surface area contributed by atoms with Gasteiger partial charge in [-0.25, -0.2) is 4.79 Å². The highest BCUT2D eigenvalue weighted by Crippen LogP contribution is 1.94. The van der Waals surface area contributed by atoms with Crippen molar-refractivity contribution in [3.63, 3.8) is 0 Å². The number of carbonyl (C=O) groups excluding carboxylic acids is 1. The SMILES string of the molecule is CC(C)CNC(=O)[PH+]=O. The average Bonchev–Trinajstić information content (AvgIpc) is 1.83. The Morgan fingerprint density at radius 2 is 2.22 bits per heavy atom. The number of carbonyl (C=O) groups is 1. The van der Waals surface area contributed by atoms with Gasteiger partial charge in [0.2, 0.25) is 0 Å². The van der Waals surface area contributed by atoms with E-state index < -0.39 is 8.46 Å². The molecule has 0 aromatic carbocycles. The van der Waals surface area contributed by atoms with Crippen molar-refractivity contribution >= 4 is 14.1 Å². The summed E-state index contributed by atoms with van der Waals surface area (Å²) in [5.74, 6) is 0.422. The maximum atomic E-state index is 10.3. The standard InChI is InChI=1S/C5H10NO2P/c1-4(2)3-6-5(7)9-8/h4H,3H2,1-2H3,(H,6,7)/p+1. The van der Waals surface area contributed by atoms with Crippen molar-refractivity contribution < 1.29 is 9.36 Å². The summed E-state index contributed by atoms with van der Waals surface area (Å²) in [4.78, 5) is 10.3. The Morgan fingerprint density at radius 3 is 2.56 bits per heavy atom. The van der Waals surface area contributed by atoms with Gasteiger partial charge in [0.15, 0.2) is 0 Å². The van der Waals surface area contributed by atoms with Crippen LogP contribution in [-0.4, -0.2) is 12.2 Å². The van der Waals surface area contributed by atoms with Gasteiger partial charge < -0.3 is 5.32 Å². The summed E-state index contributed by atoms with van der Waals surface area (Å²) < 4.78 is 9.86. The van der Waals surface area contributed by atoms with Crippen molar-refractivity contribution in [3.8, 4) is 0 Å². The predicted octanol–water partition coefficient (Wildman–Crippen LogP) is 1.38. The molecule has 1 atom stereocenters. The molecule has 0 bridgehead atoms. The van der Waals surface area contributed by atoms with E-state index >= 15 is 0 Å². The van der Waals surface area contributed by atoms with Crippen molar-refractivity contribution in [1.82, 2.24) is 5.32 Å². The molecule has 0 saturated carbocycles. The van der Waals surface area contributed by atoms with Crippen LogP contribution in [0.5, 0.6) is 0 Å². The number of hydrogen-bond donors (Lipinski definition) is 1. The van der Waals surface area contributed by atoms with Gasteiger partial charge in [-0.2, -0.15) is 0 Å². The van der Waals surface area contributed by atoms with Crippen LogP contribution in [0.3, 0.4) is 0 Å². The maximum absolute atomic E-state index is 10.3. The van der Waals surface area contributed by atoms with Crippen molar-refractivity contribution in [2.75, 3.05) is 6.54 Å². The van der Waals surface area contributed by atoms with E-state index in [-0.39, 0.29) is 5.65 Å². The van der Waals surface area contributed by atoms with Crippen LogP contribution >= 0.6 is 8.46 Å². The zero-order chi connectivity index (χ0) is 7.28. The van der Waals surface area contributed by atoms with Gasteiger partial charge in [0.1, 0.15) is 0 Å². The Morgan fingerprint density at radius 1 is 1.67 bits per heavy atom. The van der Waals surface area contributed by atoms with E-state index in [0.29, 0.717) is 12.5 Å². The van der Waals surface area contributed by atoms with Crippen molar-refractivity contribution in [2.24, 2.45) is 5.92 Å². The monoisotopic (exact) mass is 148 g/mol. The predicted molar refractivity (Wildman–Crippen MR) is 37.2 cm³/mol. The van der Waals surface area contributed by atoms with Crippen molar-refractivity contribution in [2.45, 2.75) is 13.8 Å². The first kappa shape index (κ1) is 8.57. The summed E-state index contributed by atoms with van der Waals surface area (Å²) in [6.45, 7) is 4.57. The highest BCUT2D eigenvalue weighted by atomic mass is 31.1. The lowest BCUT2D eigenvalue weighted by molar-refractivity contribution is 0.258. The summed E-state index contributed by atoms with van der Waals surface area (Å²) in [6.07, 6.45) is 0. The molecule has 0 heterocycles. The van der Waals surface area contributed by atoms with Crippen LogP contribution < -0.4 is 5.32 Å². The lowest BCUT2D eigenvalue weighted by atomic mass is 10.2. The van der Waals surface area contributed by atoms with Gasteiger partial charge in [0.25, 0.3) is 0 Å². The smallest absolute Gasteiger partial charge is 0.313 e. The number of nitrogens with one attached hydrogen (secondary N) is 1. The second-order valence-electron chi connectivity index (χ2n) is 2.21. The highest BCUT2D eigenvalue weighted by Gasteiger charge is 2.06. The second-order valence-corrected chi connectivity index (χ2v) is 2.86. The number of hydrogen-bond acceptors (Lipinski definition) is 2. The third-order valence-corrected chi connectivity index (χ3v) is 1.13. The van der Waals surface area contributed by atoms with Gasteiger partial charge >= 0.3 is 14.1 Å². The van der Waals surface area contributed by atoms with E-state index in [9.17, 15) is 9.36 Å². The molecule has 3 nitrogen and oxygen atoms in total. The molecule has 0 spiro atoms. The summed E-state index contributed by atoms with van der Waals surface area (Å²) >= 11 is 0. The van der Waals surface area contributed by atoms with E-state index in [1.807, 2.05) is 13.8 Å². The van der Waals surface area contributed by atoms with E-state index in [1.165, 1.54) is 0 Å². The zero-order valence-corrected chi connectivity index (χ0v) is 6.60. The van der Waals surface area contributed by atoms with Crippen LogP contribution in [0.4, 0.5) is 4.79 Å². The fourth-order valence-corrected chi connectivity index (χ4v) is 0.507. The first-order chi connectivity index (χ1) is 4.16. The van der Waals surface area contributed by atoms with E-state index in [2.05, 4.69) is 5.32 Å². The van der Waals surface area contributed by atoms with Gasteiger partial charge in [-0.3, -0.25) is 0 Å². The molecule has 0 aliphatic heterocycles. The molecule has 0 aromatic rings. The highest BCUT2D eigenvalue weighted by molar-refractivity contribution is 7.45. The van der Waals surface area contributed by atoms with Crippen LogP contribution in [0.1, 0.15) is 13.8 Å². The topological polar surface area (TPSA) is 46.2 Å².